The number of halogens is 1. The molecule has 1 fully saturated rings. The Labute approximate surface area is 134 Å². The molecule has 0 amide bonds. The van der Waals surface area contributed by atoms with Gasteiger partial charge >= 0.3 is 0 Å². The van der Waals surface area contributed by atoms with Crippen molar-refractivity contribution < 1.29 is 0 Å². The summed E-state index contributed by atoms with van der Waals surface area (Å²) in [5.41, 5.74) is 8.80. The van der Waals surface area contributed by atoms with Crippen molar-refractivity contribution in [2.75, 3.05) is 13.1 Å². The lowest BCUT2D eigenvalue weighted by Gasteiger charge is -2.42. The van der Waals surface area contributed by atoms with Gasteiger partial charge in [-0.05, 0) is 35.6 Å². The van der Waals surface area contributed by atoms with Gasteiger partial charge < -0.3 is 5.73 Å². The normalized spacial score (nSPS) is 22.6. The smallest absolute Gasteiger partial charge is 0.0747 e. The third-order valence-corrected chi connectivity index (χ3v) is 4.99. The van der Waals surface area contributed by atoms with Gasteiger partial charge in [0.25, 0.3) is 0 Å². The van der Waals surface area contributed by atoms with Crippen LogP contribution in [0.4, 0.5) is 0 Å². The molecule has 1 aromatic carbocycles. The molecule has 1 aromatic heterocycles. The Morgan fingerprint density at radius 3 is 3.00 bits per heavy atom. The second-order valence-corrected chi connectivity index (χ2v) is 7.65. The van der Waals surface area contributed by atoms with Gasteiger partial charge in [0.15, 0.2) is 0 Å². The lowest BCUT2D eigenvalue weighted by molar-refractivity contribution is 0.0901. The number of piperidine rings is 1. The van der Waals surface area contributed by atoms with Gasteiger partial charge in [0.05, 0.1) is 5.52 Å². The van der Waals surface area contributed by atoms with Gasteiger partial charge in [0.2, 0.25) is 0 Å². The largest absolute Gasteiger partial charge is 0.327 e. The lowest BCUT2D eigenvalue weighted by Crippen LogP contribution is -2.52. The number of nitrogens with zero attached hydrogens (tertiary/aromatic N) is 2. The monoisotopic (exact) mass is 347 g/mol. The predicted molar refractivity (Wildman–Crippen MR) is 91.1 cm³/mol. The highest BCUT2D eigenvalue weighted by Gasteiger charge is 2.33. The molecule has 2 aromatic rings. The number of fused-ring (bicyclic) bond motifs is 1. The molecule has 3 nitrogen and oxygen atoms in total. The van der Waals surface area contributed by atoms with Crippen LogP contribution in [0.25, 0.3) is 10.9 Å². The topological polar surface area (TPSA) is 42.2 Å². The van der Waals surface area contributed by atoms with Crippen molar-refractivity contribution in [2.45, 2.75) is 32.9 Å². The highest BCUT2D eigenvalue weighted by molar-refractivity contribution is 9.10. The number of benzene rings is 1. The van der Waals surface area contributed by atoms with Gasteiger partial charge in [0, 0.05) is 41.7 Å². The Kier molecular flexibility index (Phi) is 4.04. The fraction of sp³-hybridized carbons (Fsp3) is 0.471. The van der Waals surface area contributed by atoms with E-state index in [1.165, 1.54) is 10.9 Å². The van der Waals surface area contributed by atoms with E-state index in [0.29, 0.717) is 6.04 Å². The molecule has 1 unspecified atom stereocenters. The second kappa shape index (κ2) is 5.67. The van der Waals surface area contributed by atoms with E-state index >= 15 is 0 Å². The van der Waals surface area contributed by atoms with Gasteiger partial charge in [-0.3, -0.25) is 9.88 Å². The Morgan fingerprint density at radius 2 is 2.24 bits per heavy atom. The SMILES string of the molecule is CC1(C)CN(Cc2cc(Br)cc3cccnc23)CCC1N. The van der Waals surface area contributed by atoms with E-state index in [9.17, 15) is 0 Å². The van der Waals surface area contributed by atoms with Crippen LogP contribution in [0.1, 0.15) is 25.8 Å². The van der Waals surface area contributed by atoms with Crippen LogP contribution >= 0.6 is 15.9 Å². The number of hydrogen-bond donors (Lipinski definition) is 1. The van der Waals surface area contributed by atoms with Crippen LogP contribution in [-0.4, -0.2) is 29.0 Å². The summed E-state index contributed by atoms with van der Waals surface area (Å²) in [6.07, 6.45) is 2.93. The van der Waals surface area contributed by atoms with Crippen molar-refractivity contribution in [1.82, 2.24) is 9.88 Å². The van der Waals surface area contributed by atoms with Crippen molar-refractivity contribution >= 4 is 26.8 Å². The maximum Gasteiger partial charge on any atom is 0.0747 e. The Bertz CT molecular complexity index is 654. The molecule has 21 heavy (non-hydrogen) atoms. The van der Waals surface area contributed by atoms with Crippen LogP contribution in [-0.2, 0) is 6.54 Å². The van der Waals surface area contributed by atoms with E-state index in [1.807, 2.05) is 12.3 Å². The molecule has 1 aliphatic rings. The first kappa shape index (κ1) is 14.9. The van der Waals surface area contributed by atoms with E-state index in [0.717, 1.165) is 36.0 Å². The molecule has 0 spiro atoms. The lowest BCUT2D eigenvalue weighted by atomic mass is 9.79. The fourth-order valence-electron chi connectivity index (χ4n) is 3.21. The molecular formula is C17H22BrN3. The van der Waals surface area contributed by atoms with Crippen LogP contribution in [0, 0.1) is 5.41 Å². The summed E-state index contributed by atoms with van der Waals surface area (Å²) in [4.78, 5) is 7.07. The zero-order valence-corrected chi connectivity index (χ0v) is 14.2. The maximum atomic E-state index is 6.24. The summed E-state index contributed by atoms with van der Waals surface area (Å²) < 4.78 is 1.12. The third kappa shape index (κ3) is 3.12. The minimum absolute atomic E-state index is 0.174. The molecule has 3 rings (SSSR count). The second-order valence-electron chi connectivity index (χ2n) is 6.73. The van der Waals surface area contributed by atoms with Crippen LogP contribution < -0.4 is 5.73 Å². The van der Waals surface area contributed by atoms with Crippen molar-refractivity contribution in [2.24, 2.45) is 11.1 Å². The molecule has 1 saturated heterocycles. The van der Waals surface area contributed by atoms with Gasteiger partial charge in [-0.1, -0.05) is 35.8 Å². The van der Waals surface area contributed by atoms with E-state index in [4.69, 9.17) is 5.73 Å². The van der Waals surface area contributed by atoms with Crippen molar-refractivity contribution in [3.63, 3.8) is 0 Å². The third-order valence-electron chi connectivity index (χ3n) is 4.53. The first-order chi connectivity index (χ1) is 9.95. The summed E-state index contributed by atoms with van der Waals surface area (Å²) in [6, 6.07) is 8.72. The van der Waals surface area contributed by atoms with Crippen LogP contribution in [0.5, 0.6) is 0 Å². The number of pyridine rings is 1. The highest BCUT2D eigenvalue weighted by Crippen LogP contribution is 2.30. The summed E-state index contributed by atoms with van der Waals surface area (Å²) >= 11 is 3.61. The van der Waals surface area contributed by atoms with E-state index in [1.54, 1.807) is 0 Å². The standard InChI is InChI=1S/C17H22BrN3/c1-17(2)11-21(7-5-15(17)19)10-13-9-14(18)8-12-4-3-6-20-16(12)13/h3-4,6,8-9,15H,5,7,10-11,19H2,1-2H3. The zero-order valence-electron chi connectivity index (χ0n) is 12.6. The Morgan fingerprint density at radius 1 is 1.43 bits per heavy atom. The summed E-state index contributed by atoms with van der Waals surface area (Å²) in [5, 5.41) is 1.19. The molecule has 0 saturated carbocycles. The number of nitrogens with two attached hydrogens (primary N) is 1. The summed E-state index contributed by atoms with van der Waals surface area (Å²) in [5.74, 6) is 0. The van der Waals surface area contributed by atoms with Crippen molar-refractivity contribution in [1.29, 1.82) is 0 Å². The van der Waals surface area contributed by atoms with Crippen LogP contribution in [0.2, 0.25) is 0 Å². The Hall–Kier alpha value is -0.970. The molecule has 112 valence electrons. The Balaban J connectivity index is 1.88. The number of aromatic nitrogens is 1. The molecular weight excluding hydrogens is 326 g/mol. The molecule has 1 aliphatic heterocycles. The average Bonchev–Trinajstić information content (AvgIpc) is 2.42. The molecule has 1 atom stereocenters. The zero-order chi connectivity index (χ0) is 15.0. The van der Waals surface area contributed by atoms with Gasteiger partial charge in [-0.2, -0.15) is 0 Å². The van der Waals surface area contributed by atoms with Crippen LogP contribution in [0.3, 0.4) is 0 Å². The number of rotatable bonds is 2. The first-order valence-electron chi connectivity index (χ1n) is 7.47. The average molecular weight is 348 g/mol. The molecule has 0 bridgehead atoms. The first-order valence-corrected chi connectivity index (χ1v) is 8.26. The highest BCUT2D eigenvalue weighted by atomic mass is 79.9. The van der Waals surface area contributed by atoms with E-state index < -0.39 is 0 Å². The quantitative estimate of drug-likeness (QED) is 0.902. The molecule has 4 heteroatoms. The van der Waals surface area contributed by atoms with Gasteiger partial charge in [-0.25, -0.2) is 0 Å². The predicted octanol–water partition coefficient (Wildman–Crippen LogP) is 3.56. The molecule has 0 radical (unpaired) electrons. The van der Waals surface area contributed by atoms with E-state index in [2.05, 4.69) is 57.9 Å². The van der Waals surface area contributed by atoms with E-state index in [-0.39, 0.29) is 5.41 Å². The molecule has 2 N–H and O–H groups in total. The van der Waals surface area contributed by atoms with Crippen molar-refractivity contribution in [3.05, 3.63) is 40.5 Å². The summed E-state index contributed by atoms with van der Waals surface area (Å²) in [7, 11) is 0. The van der Waals surface area contributed by atoms with Crippen molar-refractivity contribution in [3.8, 4) is 0 Å². The summed E-state index contributed by atoms with van der Waals surface area (Å²) in [6.45, 7) is 7.56. The maximum absolute atomic E-state index is 6.24. The molecule has 2 heterocycles. The van der Waals surface area contributed by atoms with Gasteiger partial charge in [0.1, 0.15) is 0 Å². The number of likely N-dealkylation sites (tertiary alicyclic amines) is 1. The van der Waals surface area contributed by atoms with Crippen LogP contribution in [0.15, 0.2) is 34.9 Å². The minimum Gasteiger partial charge on any atom is -0.327 e. The molecule has 0 aliphatic carbocycles. The minimum atomic E-state index is 0.174. The number of hydrogen-bond acceptors (Lipinski definition) is 3. The fourth-order valence-corrected chi connectivity index (χ4v) is 3.73. The van der Waals surface area contributed by atoms with Gasteiger partial charge in [-0.15, -0.1) is 0 Å².